The minimum absolute atomic E-state index is 0.150. The van der Waals surface area contributed by atoms with Crippen molar-refractivity contribution >= 4 is 5.91 Å². The number of fused-ring (bicyclic) bond motifs is 1. The van der Waals surface area contributed by atoms with E-state index in [0.717, 1.165) is 19.5 Å². The Labute approximate surface area is 110 Å². The van der Waals surface area contributed by atoms with Crippen LogP contribution in [-0.4, -0.2) is 54.5 Å². The smallest absolute Gasteiger partial charge is 0.239 e. The molecule has 0 aromatic carbocycles. The van der Waals surface area contributed by atoms with Gasteiger partial charge >= 0.3 is 0 Å². The van der Waals surface area contributed by atoms with E-state index >= 15 is 0 Å². The molecule has 2 heterocycles. The molecule has 2 fully saturated rings. The molecule has 0 radical (unpaired) electrons. The standard InChI is InChI=1S/C14H27N3O/c1-10(2)13(15)14(18)17-8-6-12-11(9-17)5-4-7-16(12)3/h10-13H,4-9,15H2,1-3H3/t11?,12?,13-/m0/s1. The first-order valence-electron chi connectivity index (χ1n) is 7.25. The first-order chi connectivity index (χ1) is 8.50. The highest BCUT2D eigenvalue weighted by Crippen LogP contribution is 2.29. The van der Waals surface area contributed by atoms with Crippen molar-refractivity contribution in [2.24, 2.45) is 17.6 Å². The zero-order valence-electron chi connectivity index (χ0n) is 11.9. The molecule has 18 heavy (non-hydrogen) atoms. The summed E-state index contributed by atoms with van der Waals surface area (Å²) in [5.74, 6) is 1.03. The summed E-state index contributed by atoms with van der Waals surface area (Å²) in [7, 11) is 2.22. The molecule has 2 rings (SSSR count). The lowest BCUT2D eigenvalue weighted by Crippen LogP contribution is -2.57. The van der Waals surface area contributed by atoms with Crippen molar-refractivity contribution < 1.29 is 4.79 Å². The first kappa shape index (κ1) is 13.8. The second kappa shape index (κ2) is 5.57. The van der Waals surface area contributed by atoms with E-state index in [-0.39, 0.29) is 17.9 Å². The maximum Gasteiger partial charge on any atom is 0.239 e. The third kappa shape index (κ3) is 2.69. The van der Waals surface area contributed by atoms with Gasteiger partial charge in [-0.25, -0.2) is 0 Å². The molecule has 0 spiro atoms. The molecule has 2 N–H and O–H groups in total. The van der Waals surface area contributed by atoms with Crippen LogP contribution in [0.1, 0.15) is 33.1 Å². The van der Waals surface area contributed by atoms with Gasteiger partial charge in [-0.3, -0.25) is 4.79 Å². The molecule has 0 aromatic rings. The highest BCUT2D eigenvalue weighted by atomic mass is 16.2. The van der Waals surface area contributed by atoms with Gasteiger partial charge in [0.05, 0.1) is 6.04 Å². The summed E-state index contributed by atoms with van der Waals surface area (Å²) in [6.45, 7) is 7.03. The molecule has 104 valence electrons. The molecule has 1 amide bonds. The van der Waals surface area contributed by atoms with Crippen LogP contribution >= 0.6 is 0 Å². The fourth-order valence-corrected chi connectivity index (χ4v) is 3.35. The maximum atomic E-state index is 12.3. The van der Waals surface area contributed by atoms with Crippen LogP contribution < -0.4 is 5.73 Å². The quantitative estimate of drug-likeness (QED) is 0.796. The van der Waals surface area contributed by atoms with Crippen LogP contribution in [0.25, 0.3) is 0 Å². The average molecular weight is 253 g/mol. The fraction of sp³-hybridized carbons (Fsp3) is 0.929. The van der Waals surface area contributed by atoms with Crippen LogP contribution in [0.4, 0.5) is 0 Å². The molecule has 2 aliphatic rings. The number of likely N-dealkylation sites (tertiary alicyclic amines) is 2. The Balaban J connectivity index is 1.96. The van der Waals surface area contributed by atoms with Crippen LogP contribution in [0.15, 0.2) is 0 Å². The molecule has 0 aliphatic carbocycles. The largest absolute Gasteiger partial charge is 0.341 e. The monoisotopic (exact) mass is 253 g/mol. The predicted molar refractivity (Wildman–Crippen MR) is 73.2 cm³/mol. The minimum Gasteiger partial charge on any atom is -0.341 e. The van der Waals surface area contributed by atoms with Gasteiger partial charge in [0.1, 0.15) is 0 Å². The normalized spacial score (nSPS) is 31.3. The second-order valence-electron chi connectivity index (χ2n) is 6.29. The number of hydrogen-bond acceptors (Lipinski definition) is 3. The number of carbonyl (C=O) groups excluding carboxylic acids is 1. The number of amides is 1. The Morgan fingerprint density at radius 3 is 2.67 bits per heavy atom. The lowest BCUT2D eigenvalue weighted by Gasteiger charge is -2.46. The van der Waals surface area contributed by atoms with Crippen LogP contribution in [0.5, 0.6) is 0 Å². The molecule has 0 saturated carbocycles. The number of piperidine rings is 2. The fourth-order valence-electron chi connectivity index (χ4n) is 3.35. The van der Waals surface area contributed by atoms with E-state index in [9.17, 15) is 4.79 Å². The molecule has 0 bridgehead atoms. The molecule has 4 heteroatoms. The second-order valence-corrected chi connectivity index (χ2v) is 6.29. The summed E-state index contributed by atoms with van der Waals surface area (Å²) in [6, 6.07) is 0.348. The Kier molecular flexibility index (Phi) is 4.28. The SMILES string of the molecule is CC(C)[C@H](N)C(=O)N1CCC2C(CCCN2C)C1. The lowest BCUT2D eigenvalue weighted by atomic mass is 9.84. The van der Waals surface area contributed by atoms with Gasteiger partial charge in [-0.1, -0.05) is 13.8 Å². The van der Waals surface area contributed by atoms with Crippen molar-refractivity contribution in [3.63, 3.8) is 0 Å². The number of carbonyl (C=O) groups is 1. The molecule has 4 nitrogen and oxygen atoms in total. The van der Waals surface area contributed by atoms with Gasteiger partial charge in [0.2, 0.25) is 5.91 Å². The van der Waals surface area contributed by atoms with E-state index < -0.39 is 0 Å². The summed E-state index contributed by atoms with van der Waals surface area (Å²) in [4.78, 5) is 16.8. The summed E-state index contributed by atoms with van der Waals surface area (Å²) in [5, 5.41) is 0. The molecule has 0 aromatic heterocycles. The highest BCUT2D eigenvalue weighted by molar-refractivity contribution is 5.82. The van der Waals surface area contributed by atoms with Gasteiger partial charge in [-0.05, 0) is 44.7 Å². The lowest BCUT2D eigenvalue weighted by molar-refractivity contribution is -0.137. The van der Waals surface area contributed by atoms with Crippen molar-refractivity contribution in [2.45, 2.75) is 45.2 Å². The zero-order chi connectivity index (χ0) is 13.3. The van der Waals surface area contributed by atoms with E-state index in [2.05, 4.69) is 11.9 Å². The van der Waals surface area contributed by atoms with Gasteiger partial charge in [0, 0.05) is 19.1 Å². The van der Waals surface area contributed by atoms with Crippen LogP contribution in [0.3, 0.4) is 0 Å². The topological polar surface area (TPSA) is 49.6 Å². The molecule has 2 saturated heterocycles. The van der Waals surface area contributed by atoms with E-state index in [1.807, 2.05) is 18.7 Å². The Bertz CT molecular complexity index is 305. The van der Waals surface area contributed by atoms with Crippen molar-refractivity contribution in [3.05, 3.63) is 0 Å². The van der Waals surface area contributed by atoms with Crippen molar-refractivity contribution in [1.29, 1.82) is 0 Å². The molecular formula is C14H27N3O. The summed E-state index contributed by atoms with van der Waals surface area (Å²) >= 11 is 0. The summed E-state index contributed by atoms with van der Waals surface area (Å²) in [6.07, 6.45) is 3.63. The first-order valence-corrected chi connectivity index (χ1v) is 7.25. The van der Waals surface area contributed by atoms with Crippen molar-refractivity contribution in [3.8, 4) is 0 Å². The summed E-state index contributed by atoms with van der Waals surface area (Å²) in [5.41, 5.74) is 5.98. The van der Waals surface area contributed by atoms with Gasteiger partial charge in [-0.2, -0.15) is 0 Å². The molecule has 2 aliphatic heterocycles. The van der Waals surface area contributed by atoms with E-state index in [1.165, 1.54) is 19.4 Å². The molecule has 3 atom stereocenters. The van der Waals surface area contributed by atoms with E-state index in [1.54, 1.807) is 0 Å². The van der Waals surface area contributed by atoms with Gasteiger partial charge < -0.3 is 15.5 Å². The van der Waals surface area contributed by atoms with Crippen molar-refractivity contribution in [1.82, 2.24) is 9.80 Å². The number of hydrogen-bond donors (Lipinski definition) is 1. The average Bonchev–Trinajstić information content (AvgIpc) is 2.36. The van der Waals surface area contributed by atoms with Crippen molar-refractivity contribution in [2.75, 3.05) is 26.7 Å². The highest BCUT2D eigenvalue weighted by Gasteiger charge is 2.37. The van der Waals surface area contributed by atoms with Crippen LogP contribution in [0, 0.1) is 11.8 Å². The molecular weight excluding hydrogens is 226 g/mol. The van der Waals surface area contributed by atoms with Crippen LogP contribution in [0.2, 0.25) is 0 Å². The predicted octanol–water partition coefficient (Wildman–Crippen LogP) is 0.912. The maximum absolute atomic E-state index is 12.3. The zero-order valence-corrected chi connectivity index (χ0v) is 11.9. The van der Waals surface area contributed by atoms with Crippen LogP contribution in [-0.2, 0) is 4.79 Å². The van der Waals surface area contributed by atoms with Gasteiger partial charge in [-0.15, -0.1) is 0 Å². The number of rotatable bonds is 2. The Morgan fingerprint density at radius 2 is 2.00 bits per heavy atom. The Hall–Kier alpha value is -0.610. The molecule has 2 unspecified atom stereocenters. The number of nitrogens with zero attached hydrogens (tertiary/aromatic N) is 2. The minimum atomic E-state index is -0.331. The van der Waals surface area contributed by atoms with Gasteiger partial charge in [0.25, 0.3) is 0 Å². The van der Waals surface area contributed by atoms with E-state index in [4.69, 9.17) is 5.73 Å². The third-order valence-electron chi connectivity index (χ3n) is 4.66. The van der Waals surface area contributed by atoms with E-state index in [0.29, 0.717) is 12.0 Å². The number of nitrogens with two attached hydrogens (primary N) is 1. The van der Waals surface area contributed by atoms with Gasteiger partial charge in [0.15, 0.2) is 0 Å². The summed E-state index contributed by atoms with van der Waals surface area (Å²) < 4.78 is 0. The Morgan fingerprint density at radius 1 is 1.28 bits per heavy atom. The third-order valence-corrected chi connectivity index (χ3v) is 4.66.